The molecule has 0 saturated heterocycles. The van der Waals surface area contributed by atoms with E-state index < -0.39 is 11.9 Å². The molecule has 0 bridgehead atoms. The largest absolute Gasteiger partial charge is 0.478 e. The summed E-state index contributed by atoms with van der Waals surface area (Å²) in [6.07, 6.45) is 1.10. The molecule has 0 aliphatic heterocycles. The SMILES string of the molecule is O=C(O)c1ccc(C(=O)O)cc1.c1ccc2c(c1)Cc1ccccc1-2. The third-order valence-corrected chi connectivity index (χ3v) is 4.08. The van der Waals surface area contributed by atoms with Gasteiger partial charge in [-0.25, -0.2) is 9.59 Å². The molecule has 25 heavy (non-hydrogen) atoms. The lowest BCUT2D eigenvalue weighted by Crippen LogP contribution is -1.99. The molecule has 0 radical (unpaired) electrons. The molecule has 124 valence electrons. The Morgan fingerprint density at radius 2 is 0.960 bits per heavy atom. The van der Waals surface area contributed by atoms with Crippen molar-refractivity contribution in [3.8, 4) is 11.1 Å². The summed E-state index contributed by atoms with van der Waals surface area (Å²) < 4.78 is 0. The lowest BCUT2D eigenvalue weighted by molar-refractivity contribution is 0.0681. The van der Waals surface area contributed by atoms with Gasteiger partial charge in [-0.3, -0.25) is 0 Å². The van der Waals surface area contributed by atoms with E-state index in [1.807, 2.05) is 0 Å². The Kier molecular flexibility index (Phi) is 4.61. The minimum atomic E-state index is -1.06. The number of hydrogen-bond donors (Lipinski definition) is 2. The topological polar surface area (TPSA) is 74.6 Å². The molecule has 0 fully saturated rings. The van der Waals surface area contributed by atoms with E-state index in [-0.39, 0.29) is 11.1 Å². The van der Waals surface area contributed by atoms with Crippen molar-refractivity contribution in [1.82, 2.24) is 0 Å². The lowest BCUT2D eigenvalue weighted by Gasteiger charge is -1.98. The summed E-state index contributed by atoms with van der Waals surface area (Å²) in [6, 6.07) is 22.3. The number of carbonyl (C=O) groups is 2. The minimum absolute atomic E-state index is 0.0833. The average Bonchev–Trinajstić information content (AvgIpc) is 3.01. The van der Waals surface area contributed by atoms with Crippen LogP contribution in [0.25, 0.3) is 11.1 Å². The molecule has 0 heterocycles. The monoisotopic (exact) mass is 332 g/mol. The molecule has 0 saturated carbocycles. The van der Waals surface area contributed by atoms with E-state index in [1.165, 1.54) is 46.5 Å². The highest BCUT2D eigenvalue weighted by atomic mass is 16.4. The standard InChI is InChI=1S/C13H10.C8H6O4/c1-3-7-12-10(5-1)9-11-6-2-4-8-13(11)12;9-7(10)5-1-2-6(4-3-5)8(11)12/h1-8H,9H2;1-4H,(H,9,10)(H,11,12). The first-order valence-electron chi connectivity index (χ1n) is 7.79. The van der Waals surface area contributed by atoms with Crippen LogP contribution in [0.15, 0.2) is 72.8 Å². The smallest absolute Gasteiger partial charge is 0.335 e. The number of rotatable bonds is 2. The molecule has 0 amide bonds. The third kappa shape index (κ3) is 3.58. The number of hydrogen-bond acceptors (Lipinski definition) is 2. The fraction of sp³-hybridized carbons (Fsp3) is 0.0476. The Bertz CT molecular complexity index is 850. The molecule has 0 unspecified atom stereocenters. The summed E-state index contributed by atoms with van der Waals surface area (Å²) in [4.78, 5) is 20.7. The van der Waals surface area contributed by atoms with Crippen molar-refractivity contribution < 1.29 is 19.8 Å². The summed E-state index contributed by atoms with van der Waals surface area (Å²) in [5.74, 6) is -2.13. The Morgan fingerprint density at radius 1 is 0.600 bits per heavy atom. The van der Waals surface area contributed by atoms with Crippen LogP contribution < -0.4 is 0 Å². The average molecular weight is 332 g/mol. The first-order chi connectivity index (χ1) is 12.1. The Morgan fingerprint density at radius 3 is 1.32 bits per heavy atom. The van der Waals surface area contributed by atoms with Crippen LogP contribution in [0.3, 0.4) is 0 Å². The van der Waals surface area contributed by atoms with Gasteiger partial charge in [0.05, 0.1) is 11.1 Å². The van der Waals surface area contributed by atoms with Crippen molar-refractivity contribution in [2.75, 3.05) is 0 Å². The maximum atomic E-state index is 10.3. The minimum Gasteiger partial charge on any atom is -0.478 e. The molecule has 4 heteroatoms. The van der Waals surface area contributed by atoms with Crippen LogP contribution in [0.5, 0.6) is 0 Å². The summed E-state index contributed by atoms with van der Waals surface area (Å²) >= 11 is 0. The molecule has 2 N–H and O–H groups in total. The van der Waals surface area contributed by atoms with Gasteiger partial charge in [0.25, 0.3) is 0 Å². The predicted octanol–water partition coefficient (Wildman–Crippen LogP) is 4.34. The fourth-order valence-corrected chi connectivity index (χ4v) is 2.83. The number of carboxylic acids is 2. The van der Waals surface area contributed by atoms with E-state index in [0.29, 0.717) is 0 Å². The van der Waals surface area contributed by atoms with Gasteiger partial charge in [0.1, 0.15) is 0 Å². The Hall–Kier alpha value is -3.40. The first-order valence-corrected chi connectivity index (χ1v) is 7.79. The molecular formula is C21H16O4. The van der Waals surface area contributed by atoms with Crippen LogP contribution in [0.1, 0.15) is 31.8 Å². The number of carboxylic acid groups (broad SMARTS) is 2. The van der Waals surface area contributed by atoms with E-state index in [2.05, 4.69) is 48.5 Å². The van der Waals surface area contributed by atoms with E-state index in [1.54, 1.807) is 0 Å². The summed E-state index contributed by atoms with van der Waals surface area (Å²) in [5, 5.41) is 16.9. The quantitative estimate of drug-likeness (QED) is 0.572. The highest BCUT2D eigenvalue weighted by Crippen LogP contribution is 2.35. The van der Waals surface area contributed by atoms with Gasteiger partial charge in [-0.1, -0.05) is 48.5 Å². The number of benzene rings is 3. The van der Waals surface area contributed by atoms with E-state index in [4.69, 9.17) is 10.2 Å². The molecule has 3 aromatic rings. The molecule has 0 atom stereocenters. The second-order valence-electron chi connectivity index (χ2n) is 5.68. The zero-order valence-electron chi connectivity index (χ0n) is 13.3. The first kappa shape index (κ1) is 16.5. The van der Waals surface area contributed by atoms with Crippen LogP contribution >= 0.6 is 0 Å². The zero-order valence-corrected chi connectivity index (χ0v) is 13.3. The predicted molar refractivity (Wildman–Crippen MR) is 95.0 cm³/mol. The molecule has 0 spiro atoms. The van der Waals surface area contributed by atoms with Gasteiger partial charge in [0.2, 0.25) is 0 Å². The second-order valence-corrected chi connectivity index (χ2v) is 5.68. The van der Waals surface area contributed by atoms with Gasteiger partial charge in [-0.2, -0.15) is 0 Å². The van der Waals surface area contributed by atoms with Crippen molar-refractivity contribution in [1.29, 1.82) is 0 Å². The van der Waals surface area contributed by atoms with Crippen molar-refractivity contribution in [3.05, 3.63) is 95.1 Å². The molecule has 4 rings (SSSR count). The Balaban J connectivity index is 0.000000147. The fourth-order valence-electron chi connectivity index (χ4n) is 2.83. The number of fused-ring (bicyclic) bond motifs is 3. The third-order valence-electron chi connectivity index (χ3n) is 4.08. The molecule has 1 aliphatic rings. The van der Waals surface area contributed by atoms with Crippen LogP contribution in [0, 0.1) is 0 Å². The normalized spacial score (nSPS) is 10.9. The summed E-state index contributed by atoms with van der Waals surface area (Å²) in [5.41, 5.74) is 5.92. The lowest BCUT2D eigenvalue weighted by atomic mass is 10.1. The Labute approximate surface area is 145 Å². The van der Waals surface area contributed by atoms with E-state index in [9.17, 15) is 9.59 Å². The molecule has 0 aromatic heterocycles. The maximum Gasteiger partial charge on any atom is 0.335 e. The van der Waals surface area contributed by atoms with Crippen molar-refractivity contribution >= 4 is 11.9 Å². The van der Waals surface area contributed by atoms with Gasteiger partial charge in [-0.05, 0) is 52.9 Å². The molecule has 4 nitrogen and oxygen atoms in total. The van der Waals surface area contributed by atoms with Gasteiger partial charge in [-0.15, -0.1) is 0 Å². The summed E-state index contributed by atoms with van der Waals surface area (Å²) in [7, 11) is 0. The second kappa shape index (κ2) is 7.01. The number of aromatic carboxylic acids is 2. The van der Waals surface area contributed by atoms with E-state index in [0.717, 1.165) is 6.42 Å². The van der Waals surface area contributed by atoms with E-state index >= 15 is 0 Å². The van der Waals surface area contributed by atoms with Gasteiger partial charge in [0.15, 0.2) is 0 Å². The van der Waals surface area contributed by atoms with Crippen molar-refractivity contribution in [2.24, 2.45) is 0 Å². The highest BCUT2D eigenvalue weighted by Gasteiger charge is 2.15. The van der Waals surface area contributed by atoms with Crippen molar-refractivity contribution in [2.45, 2.75) is 6.42 Å². The van der Waals surface area contributed by atoms with Crippen molar-refractivity contribution in [3.63, 3.8) is 0 Å². The highest BCUT2D eigenvalue weighted by molar-refractivity contribution is 5.91. The van der Waals surface area contributed by atoms with Crippen LogP contribution in [0.2, 0.25) is 0 Å². The molecule has 1 aliphatic carbocycles. The van der Waals surface area contributed by atoms with Crippen LogP contribution in [-0.2, 0) is 6.42 Å². The van der Waals surface area contributed by atoms with Gasteiger partial charge in [0, 0.05) is 0 Å². The molecular weight excluding hydrogens is 316 g/mol. The van der Waals surface area contributed by atoms with Gasteiger partial charge < -0.3 is 10.2 Å². The maximum absolute atomic E-state index is 10.3. The summed E-state index contributed by atoms with van der Waals surface area (Å²) in [6.45, 7) is 0. The zero-order chi connectivity index (χ0) is 17.8. The van der Waals surface area contributed by atoms with Crippen LogP contribution in [-0.4, -0.2) is 22.2 Å². The van der Waals surface area contributed by atoms with Gasteiger partial charge >= 0.3 is 11.9 Å². The molecule has 3 aromatic carbocycles. The van der Waals surface area contributed by atoms with Crippen LogP contribution in [0.4, 0.5) is 0 Å².